The highest BCUT2D eigenvalue weighted by Crippen LogP contribution is 2.44. The Balaban J connectivity index is 0.000000156. The minimum Gasteiger partial charge on any atom is -0.508 e. The summed E-state index contributed by atoms with van der Waals surface area (Å²) in [5.41, 5.74) is 2.50. The average Bonchev–Trinajstić information content (AvgIpc) is 3.40. The molecule has 0 aliphatic heterocycles. The van der Waals surface area contributed by atoms with E-state index >= 15 is 0 Å². The van der Waals surface area contributed by atoms with Crippen molar-refractivity contribution in [3.8, 4) is 45.3 Å². The summed E-state index contributed by atoms with van der Waals surface area (Å²) < 4.78 is 50.4. The van der Waals surface area contributed by atoms with Crippen molar-refractivity contribution in [3.63, 3.8) is 0 Å². The Labute approximate surface area is 220 Å². The second-order valence-corrected chi connectivity index (χ2v) is 8.96. The van der Waals surface area contributed by atoms with E-state index in [1.54, 1.807) is 12.1 Å². The molecule has 0 radical (unpaired) electrons. The zero-order valence-electron chi connectivity index (χ0n) is 19.0. The molecule has 0 saturated heterocycles. The van der Waals surface area contributed by atoms with Gasteiger partial charge >= 0.3 is 0 Å². The van der Waals surface area contributed by atoms with Crippen molar-refractivity contribution in [2.24, 2.45) is 0 Å². The van der Waals surface area contributed by atoms with E-state index in [0.717, 1.165) is 29.8 Å². The number of phenolic OH excluding ortho intramolecular Hbond substituents is 4. The normalized spacial score (nSPS) is 11.1. The van der Waals surface area contributed by atoms with Gasteiger partial charge in [-0.15, -0.1) is 0 Å². The zero-order valence-corrected chi connectivity index (χ0v) is 20.6. The lowest BCUT2D eigenvalue weighted by molar-refractivity contribution is 0.452. The van der Waals surface area contributed by atoms with Crippen molar-refractivity contribution in [3.05, 3.63) is 95.1 Å². The van der Waals surface area contributed by atoms with E-state index in [1.807, 2.05) is 0 Å². The van der Waals surface area contributed by atoms with E-state index in [4.69, 9.17) is 8.83 Å². The number of phenols is 4. The van der Waals surface area contributed by atoms with Crippen LogP contribution in [0.4, 0.5) is 13.2 Å². The van der Waals surface area contributed by atoms with Gasteiger partial charge in [0.2, 0.25) is 0 Å². The molecule has 6 aromatic rings. The van der Waals surface area contributed by atoms with Gasteiger partial charge in [0.25, 0.3) is 0 Å². The summed E-state index contributed by atoms with van der Waals surface area (Å²) in [4.78, 5) is 0. The number of furan rings is 2. The molecule has 0 atom stereocenters. The highest BCUT2D eigenvalue weighted by atomic mass is 79.9. The van der Waals surface area contributed by atoms with Crippen LogP contribution in [0.15, 0.2) is 86.5 Å². The number of hydrogen-bond acceptors (Lipinski definition) is 6. The van der Waals surface area contributed by atoms with Gasteiger partial charge in [0.05, 0.1) is 17.0 Å². The van der Waals surface area contributed by atoms with Gasteiger partial charge in [0.15, 0.2) is 4.67 Å². The van der Waals surface area contributed by atoms with Crippen molar-refractivity contribution in [1.82, 2.24) is 0 Å². The van der Waals surface area contributed by atoms with Gasteiger partial charge in [0.1, 0.15) is 51.6 Å². The van der Waals surface area contributed by atoms with E-state index in [9.17, 15) is 33.6 Å². The van der Waals surface area contributed by atoms with Crippen LogP contribution in [0, 0.1) is 17.5 Å². The Morgan fingerprint density at radius 3 is 1.82 bits per heavy atom. The summed E-state index contributed by atoms with van der Waals surface area (Å²) in [6.45, 7) is 0. The number of fused-ring (bicyclic) bond motifs is 2. The number of benzene rings is 4. The molecule has 192 valence electrons. The SMILES string of the molecule is Oc1cc(O)c2c(-c3cc(F)cc(F)c3)c(Br)oc2c1.Oc1cc(O)c2c(-c3ccc(F)cc3)coc2c1. The topological polar surface area (TPSA) is 107 Å². The Hall–Kier alpha value is -4.57. The van der Waals surface area contributed by atoms with Crippen molar-refractivity contribution in [1.29, 1.82) is 0 Å². The third-order valence-corrected chi connectivity index (χ3v) is 6.22. The Morgan fingerprint density at radius 1 is 0.605 bits per heavy atom. The zero-order chi connectivity index (χ0) is 27.1. The molecule has 0 bridgehead atoms. The van der Waals surface area contributed by atoms with E-state index in [-0.39, 0.29) is 50.0 Å². The fourth-order valence-electron chi connectivity index (χ4n) is 4.09. The largest absolute Gasteiger partial charge is 0.508 e. The van der Waals surface area contributed by atoms with Crippen molar-refractivity contribution >= 4 is 37.9 Å². The first kappa shape index (κ1) is 25.1. The van der Waals surface area contributed by atoms with Gasteiger partial charge in [-0.25, -0.2) is 13.2 Å². The van der Waals surface area contributed by atoms with Crippen LogP contribution >= 0.6 is 15.9 Å². The maximum atomic E-state index is 13.3. The Morgan fingerprint density at radius 2 is 1.18 bits per heavy atom. The molecule has 0 saturated carbocycles. The van der Waals surface area contributed by atoms with Crippen LogP contribution in [0.5, 0.6) is 23.0 Å². The Kier molecular flexibility index (Phi) is 6.41. The highest BCUT2D eigenvalue weighted by molar-refractivity contribution is 9.10. The molecule has 38 heavy (non-hydrogen) atoms. The molecule has 6 rings (SSSR count). The molecule has 0 aliphatic carbocycles. The summed E-state index contributed by atoms with van der Waals surface area (Å²) in [7, 11) is 0. The highest BCUT2D eigenvalue weighted by Gasteiger charge is 2.19. The molecule has 0 fully saturated rings. The molecule has 2 aromatic heterocycles. The number of halogens is 4. The van der Waals surface area contributed by atoms with E-state index in [2.05, 4.69) is 15.9 Å². The van der Waals surface area contributed by atoms with Gasteiger partial charge in [-0.3, -0.25) is 0 Å². The number of hydrogen-bond donors (Lipinski definition) is 4. The third kappa shape index (κ3) is 4.73. The molecule has 4 N–H and O–H groups in total. The lowest BCUT2D eigenvalue weighted by Gasteiger charge is -2.03. The standard InChI is InChI=1S/C14H7BrF2O3.C14H9FO3/c15-14-12(6-1-7(16)3-8(17)2-6)13-10(19)4-9(18)5-11(13)20-14;15-9-3-1-8(2-4-9)11-7-18-13-6-10(16)5-12(17)14(11)13/h1-5,18-19H;1-7,16-17H. The van der Waals surface area contributed by atoms with Crippen LogP contribution in [0.25, 0.3) is 44.2 Å². The summed E-state index contributed by atoms with van der Waals surface area (Å²) in [5, 5.41) is 39.3. The number of rotatable bonds is 2. The molecule has 6 nitrogen and oxygen atoms in total. The van der Waals surface area contributed by atoms with Crippen LogP contribution in [-0.2, 0) is 0 Å². The molecule has 10 heteroatoms. The van der Waals surface area contributed by atoms with Gasteiger partial charge in [-0.1, -0.05) is 12.1 Å². The average molecular weight is 585 g/mol. The predicted octanol–water partition coefficient (Wildman–Crippen LogP) is 8.20. The predicted molar refractivity (Wildman–Crippen MR) is 138 cm³/mol. The minimum absolute atomic E-state index is 0.0694. The lowest BCUT2D eigenvalue weighted by Crippen LogP contribution is -1.84. The van der Waals surface area contributed by atoms with E-state index in [0.29, 0.717) is 22.1 Å². The summed E-state index contributed by atoms with van der Waals surface area (Å²) in [6, 6.07) is 14.0. The van der Waals surface area contributed by atoms with Gasteiger partial charge < -0.3 is 29.3 Å². The van der Waals surface area contributed by atoms with Crippen molar-refractivity contribution in [2.75, 3.05) is 0 Å². The van der Waals surface area contributed by atoms with Crippen LogP contribution in [0.1, 0.15) is 0 Å². The fraction of sp³-hybridized carbons (Fsp3) is 0. The van der Waals surface area contributed by atoms with Crippen molar-refractivity contribution < 1.29 is 42.4 Å². The molecule has 0 spiro atoms. The molecular formula is C28H16BrF3O6. The summed E-state index contributed by atoms with van der Waals surface area (Å²) in [5.74, 6) is -2.35. The summed E-state index contributed by atoms with van der Waals surface area (Å²) >= 11 is 3.15. The van der Waals surface area contributed by atoms with Crippen LogP contribution in [0.3, 0.4) is 0 Å². The van der Waals surface area contributed by atoms with E-state index in [1.165, 1.54) is 36.6 Å². The smallest absolute Gasteiger partial charge is 0.178 e. The first-order chi connectivity index (χ1) is 18.1. The van der Waals surface area contributed by atoms with Gasteiger partial charge in [-0.05, 0) is 51.3 Å². The molecule has 0 amide bonds. The monoisotopic (exact) mass is 584 g/mol. The second-order valence-electron chi connectivity index (χ2n) is 8.24. The van der Waals surface area contributed by atoms with Crippen LogP contribution in [-0.4, -0.2) is 20.4 Å². The minimum atomic E-state index is -0.737. The molecule has 0 unspecified atom stereocenters. The van der Waals surface area contributed by atoms with Gasteiger partial charge in [-0.2, -0.15) is 0 Å². The fourth-order valence-corrected chi connectivity index (χ4v) is 4.70. The molecule has 0 aliphatic rings. The second kappa shape index (κ2) is 9.71. The quantitative estimate of drug-likeness (QED) is 0.163. The first-order valence-electron chi connectivity index (χ1n) is 10.9. The van der Waals surface area contributed by atoms with Gasteiger partial charge in [0, 0.05) is 41.5 Å². The maximum Gasteiger partial charge on any atom is 0.178 e. The molecular weight excluding hydrogens is 569 g/mol. The molecule has 2 heterocycles. The maximum absolute atomic E-state index is 13.3. The van der Waals surface area contributed by atoms with E-state index < -0.39 is 11.6 Å². The number of aromatic hydroxyl groups is 4. The Bertz CT molecular complexity index is 1790. The first-order valence-corrected chi connectivity index (χ1v) is 11.7. The van der Waals surface area contributed by atoms with Crippen LogP contribution in [0.2, 0.25) is 0 Å². The third-order valence-electron chi connectivity index (χ3n) is 5.66. The molecule has 4 aromatic carbocycles. The lowest BCUT2D eigenvalue weighted by atomic mass is 10.0. The van der Waals surface area contributed by atoms with Crippen molar-refractivity contribution in [2.45, 2.75) is 0 Å². The van der Waals surface area contributed by atoms with Crippen LogP contribution < -0.4 is 0 Å². The summed E-state index contributed by atoms with van der Waals surface area (Å²) in [6.07, 6.45) is 1.47.